The molecule has 4 rings (SSSR count). The number of benzene rings is 1. The van der Waals surface area contributed by atoms with E-state index in [0.717, 1.165) is 37.7 Å². The minimum atomic E-state index is 0. The van der Waals surface area contributed by atoms with Crippen LogP contribution in [0.2, 0.25) is 0 Å². The van der Waals surface area contributed by atoms with Crippen LogP contribution in [0.15, 0.2) is 40.1 Å². The molecule has 0 spiro atoms. The summed E-state index contributed by atoms with van der Waals surface area (Å²) in [5.41, 5.74) is 1.62. The maximum Gasteiger partial charge on any atom is 0.191 e. The van der Waals surface area contributed by atoms with E-state index in [-0.39, 0.29) is 29.4 Å². The van der Waals surface area contributed by atoms with Crippen molar-refractivity contribution in [1.82, 2.24) is 25.4 Å². The second kappa shape index (κ2) is 8.24. The minimum Gasteiger partial charge on any atom is -0.356 e. The molecule has 2 N–H and O–H groups in total. The third-order valence-electron chi connectivity index (χ3n) is 5.26. The summed E-state index contributed by atoms with van der Waals surface area (Å²) in [6, 6.07) is 8.87. The number of nitrogens with zero attached hydrogens (tertiary/aromatic N) is 4. The first-order valence-corrected chi connectivity index (χ1v) is 9.58. The Bertz CT molecular complexity index is 785. The summed E-state index contributed by atoms with van der Waals surface area (Å²) in [4.78, 5) is 8.69. The second-order valence-corrected chi connectivity index (χ2v) is 7.78. The molecule has 2 heterocycles. The van der Waals surface area contributed by atoms with Gasteiger partial charge in [-0.1, -0.05) is 34.1 Å². The Kier molecular flexibility index (Phi) is 6.21. The first kappa shape index (κ1) is 19.6. The van der Waals surface area contributed by atoms with Gasteiger partial charge < -0.3 is 10.6 Å². The number of guanidine groups is 1. The number of halogens is 2. The van der Waals surface area contributed by atoms with Crippen LogP contribution < -0.4 is 10.6 Å². The van der Waals surface area contributed by atoms with Crippen molar-refractivity contribution in [2.24, 2.45) is 4.99 Å². The highest BCUT2D eigenvalue weighted by atomic mass is 127. The first-order chi connectivity index (χ1) is 12.2. The summed E-state index contributed by atoms with van der Waals surface area (Å²) in [6.45, 7) is 1.74. The number of hydrogen-bond acceptors (Lipinski definition) is 3. The molecule has 1 aliphatic carbocycles. The third-order valence-corrected chi connectivity index (χ3v) is 5.95. The molecule has 1 aromatic heterocycles. The number of aliphatic imine (C=N–C) groups is 1. The molecule has 0 saturated heterocycles. The van der Waals surface area contributed by atoms with Gasteiger partial charge in [-0.15, -0.1) is 24.0 Å². The van der Waals surface area contributed by atoms with Crippen molar-refractivity contribution in [2.75, 3.05) is 13.6 Å². The molecule has 0 amide bonds. The van der Waals surface area contributed by atoms with E-state index in [1.165, 1.54) is 22.9 Å². The van der Waals surface area contributed by atoms with Crippen LogP contribution in [-0.2, 0) is 18.4 Å². The molecule has 26 heavy (non-hydrogen) atoms. The fourth-order valence-corrected chi connectivity index (χ4v) is 4.29. The van der Waals surface area contributed by atoms with Crippen LogP contribution in [0, 0.1) is 0 Å². The van der Waals surface area contributed by atoms with Crippen molar-refractivity contribution in [1.29, 1.82) is 0 Å². The van der Waals surface area contributed by atoms with Crippen LogP contribution in [0.4, 0.5) is 0 Å². The number of rotatable bonds is 4. The molecule has 1 aliphatic heterocycles. The Morgan fingerprint density at radius 1 is 1.38 bits per heavy atom. The Morgan fingerprint density at radius 2 is 2.19 bits per heavy atom. The Morgan fingerprint density at radius 3 is 2.92 bits per heavy atom. The standard InChI is InChI=1S/C18H23BrN6.HI/c1-20-17(24-13-6-7-16-22-12-23-25(16)10-13)21-11-18(8-9-18)14-4-2-3-5-15(14)19;/h2-5,12-13H,6-11H2,1H3,(H2,20,21,24);1H. The van der Waals surface area contributed by atoms with Gasteiger partial charge in [-0.3, -0.25) is 4.99 Å². The smallest absolute Gasteiger partial charge is 0.191 e. The van der Waals surface area contributed by atoms with Crippen LogP contribution in [-0.4, -0.2) is 40.4 Å². The zero-order valence-corrected chi connectivity index (χ0v) is 18.7. The molecular formula is C18H24BrIN6. The lowest BCUT2D eigenvalue weighted by atomic mass is 9.96. The number of hydrogen-bond donors (Lipinski definition) is 2. The average Bonchev–Trinajstić information content (AvgIpc) is 3.27. The quantitative estimate of drug-likeness (QED) is 0.362. The molecule has 140 valence electrons. The number of aromatic nitrogens is 3. The summed E-state index contributed by atoms with van der Waals surface area (Å²) < 4.78 is 3.18. The van der Waals surface area contributed by atoms with Crippen LogP contribution in [0.5, 0.6) is 0 Å². The van der Waals surface area contributed by atoms with E-state index in [9.17, 15) is 0 Å². The minimum absolute atomic E-state index is 0. The van der Waals surface area contributed by atoms with Crippen molar-refractivity contribution >= 4 is 45.9 Å². The van der Waals surface area contributed by atoms with E-state index < -0.39 is 0 Å². The molecule has 1 unspecified atom stereocenters. The van der Waals surface area contributed by atoms with Gasteiger partial charge in [-0.2, -0.15) is 5.10 Å². The first-order valence-electron chi connectivity index (χ1n) is 8.79. The summed E-state index contributed by atoms with van der Waals surface area (Å²) in [6.07, 6.45) is 6.07. The molecule has 1 aromatic carbocycles. The highest BCUT2D eigenvalue weighted by Crippen LogP contribution is 2.49. The van der Waals surface area contributed by atoms with Gasteiger partial charge in [0.2, 0.25) is 0 Å². The SMILES string of the molecule is CN=C(NCC1(c2ccccc2Br)CC1)NC1CCc2ncnn2C1.I. The highest BCUT2D eigenvalue weighted by molar-refractivity contribution is 14.0. The Balaban J connectivity index is 0.00000196. The van der Waals surface area contributed by atoms with E-state index in [0.29, 0.717) is 6.04 Å². The monoisotopic (exact) mass is 530 g/mol. The Hall–Kier alpha value is -1.16. The van der Waals surface area contributed by atoms with E-state index in [2.05, 4.69) is 65.9 Å². The van der Waals surface area contributed by atoms with Crippen molar-refractivity contribution in [3.05, 3.63) is 46.5 Å². The van der Waals surface area contributed by atoms with Crippen LogP contribution in [0.25, 0.3) is 0 Å². The fourth-order valence-electron chi connectivity index (χ4n) is 3.58. The van der Waals surface area contributed by atoms with E-state index >= 15 is 0 Å². The van der Waals surface area contributed by atoms with E-state index in [4.69, 9.17) is 0 Å². The average molecular weight is 531 g/mol. The summed E-state index contributed by atoms with van der Waals surface area (Å²) in [5, 5.41) is 11.4. The lowest BCUT2D eigenvalue weighted by molar-refractivity contribution is 0.392. The number of nitrogens with one attached hydrogen (secondary N) is 2. The lowest BCUT2D eigenvalue weighted by Crippen LogP contribution is -2.48. The predicted molar refractivity (Wildman–Crippen MR) is 117 cm³/mol. The zero-order chi connectivity index (χ0) is 17.3. The maximum atomic E-state index is 4.41. The van der Waals surface area contributed by atoms with Gasteiger partial charge in [0.1, 0.15) is 12.2 Å². The predicted octanol–water partition coefficient (Wildman–Crippen LogP) is 2.87. The van der Waals surface area contributed by atoms with Gasteiger partial charge in [-0.05, 0) is 30.9 Å². The molecular weight excluding hydrogens is 507 g/mol. The molecule has 6 nitrogen and oxygen atoms in total. The molecule has 0 bridgehead atoms. The topological polar surface area (TPSA) is 67.1 Å². The van der Waals surface area contributed by atoms with Gasteiger partial charge in [0.15, 0.2) is 5.96 Å². The van der Waals surface area contributed by atoms with Crippen molar-refractivity contribution in [3.63, 3.8) is 0 Å². The molecule has 1 fully saturated rings. The Labute approximate surface area is 179 Å². The van der Waals surface area contributed by atoms with E-state index in [1.54, 1.807) is 6.33 Å². The third kappa shape index (κ3) is 4.05. The van der Waals surface area contributed by atoms with Crippen LogP contribution in [0.1, 0.15) is 30.7 Å². The van der Waals surface area contributed by atoms with Gasteiger partial charge in [-0.25, -0.2) is 9.67 Å². The molecule has 1 atom stereocenters. The molecule has 2 aliphatic rings. The number of fused-ring (bicyclic) bond motifs is 1. The zero-order valence-electron chi connectivity index (χ0n) is 14.8. The van der Waals surface area contributed by atoms with Gasteiger partial charge in [0.25, 0.3) is 0 Å². The normalized spacial score (nSPS) is 20.7. The molecule has 8 heteroatoms. The van der Waals surface area contributed by atoms with Crippen LogP contribution >= 0.6 is 39.9 Å². The van der Waals surface area contributed by atoms with Gasteiger partial charge >= 0.3 is 0 Å². The summed E-state index contributed by atoms with van der Waals surface area (Å²) >= 11 is 3.70. The van der Waals surface area contributed by atoms with Crippen LogP contribution in [0.3, 0.4) is 0 Å². The van der Waals surface area contributed by atoms with Crippen molar-refractivity contribution in [2.45, 2.75) is 43.7 Å². The van der Waals surface area contributed by atoms with Crippen molar-refractivity contribution < 1.29 is 0 Å². The summed E-state index contributed by atoms with van der Waals surface area (Å²) in [7, 11) is 1.83. The lowest BCUT2D eigenvalue weighted by Gasteiger charge is -2.26. The van der Waals surface area contributed by atoms with Crippen molar-refractivity contribution in [3.8, 4) is 0 Å². The molecule has 0 radical (unpaired) electrons. The fraction of sp³-hybridized carbons (Fsp3) is 0.500. The summed E-state index contributed by atoms with van der Waals surface area (Å²) in [5.74, 6) is 1.94. The number of aryl methyl sites for hydroxylation is 1. The molecule has 1 saturated carbocycles. The molecule has 2 aromatic rings. The van der Waals surface area contributed by atoms with E-state index in [1.807, 2.05) is 11.7 Å². The second-order valence-electron chi connectivity index (χ2n) is 6.92. The highest BCUT2D eigenvalue weighted by Gasteiger charge is 2.45. The largest absolute Gasteiger partial charge is 0.356 e. The maximum absolute atomic E-state index is 4.41. The van der Waals surface area contributed by atoms with Gasteiger partial charge in [0, 0.05) is 35.9 Å². The van der Waals surface area contributed by atoms with Gasteiger partial charge in [0.05, 0.1) is 6.54 Å².